The Kier molecular flexibility index (Phi) is 5.79. The molecule has 1 fully saturated rings. The Morgan fingerprint density at radius 1 is 1.08 bits per heavy atom. The lowest BCUT2D eigenvalue weighted by Crippen LogP contribution is -2.47. The van der Waals surface area contributed by atoms with Crippen molar-refractivity contribution in [2.45, 2.75) is 0 Å². The summed E-state index contributed by atoms with van der Waals surface area (Å²) in [6.07, 6.45) is 0. The first-order valence-corrected chi connectivity index (χ1v) is 8.87. The second-order valence-corrected chi connectivity index (χ2v) is 6.58. The third-order valence-corrected chi connectivity index (χ3v) is 4.72. The van der Waals surface area contributed by atoms with Crippen LogP contribution in [0.15, 0.2) is 48.5 Å². The Balaban J connectivity index is 1.47. The van der Waals surface area contributed by atoms with Crippen LogP contribution in [0, 0.1) is 0 Å². The van der Waals surface area contributed by atoms with Crippen LogP contribution in [0.2, 0.25) is 5.02 Å². The maximum Gasteiger partial charge on any atom is 0.250 e. The highest BCUT2D eigenvalue weighted by Crippen LogP contribution is 2.20. The molecule has 0 bridgehead atoms. The number of benzene rings is 2. The molecule has 3 N–H and O–H groups in total. The Hall–Kier alpha value is -2.24. The summed E-state index contributed by atoms with van der Waals surface area (Å²) in [6, 6.07) is 15.7. The maximum absolute atomic E-state index is 11.5. The number of nitrogens with zero attached hydrogens (tertiary/aromatic N) is 2. The number of carbonyl (C=O) groups excluding carboxylic acids is 1. The van der Waals surface area contributed by atoms with Gasteiger partial charge in [0.2, 0.25) is 0 Å². The number of hydrogen-bond acceptors (Lipinski definition) is 4. The van der Waals surface area contributed by atoms with Crippen LogP contribution in [0.4, 0.5) is 11.4 Å². The number of hydrogen-bond donors (Lipinski definition) is 2. The number of piperazine rings is 1. The van der Waals surface area contributed by atoms with Crippen molar-refractivity contribution < 1.29 is 4.79 Å². The molecule has 1 aliphatic heterocycles. The fourth-order valence-electron chi connectivity index (χ4n) is 3.09. The molecule has 1 amide bonds. The van der Waals surface area contributed by atoms with Crippen molar-refractivity contribution in [3.63, 3.8) is 0 Å². The molecule has 132 valence electrons. The van der Waals surface area contributed by atoms with E-state index in [1.165, 1.54) is 5.69 Å². The van der Waals surface area contributed by atoms with E-state index in [0.29, 0.717) is 10.6 Å². The summed E-state index contributed by atoms with van der Waals surface area (Å²) in [7, 11) is 0. The van der Waals surface area contributed by atoms with Gasteiger partial charge in [-0.2, -0.15) is 0 Å². The summed E-state index contributed by atoms with van der Waals surface area (Å²) < 4.78 is 0. The molecule has 0 saturated carbocycles. The third kappa shape index (κ3) is 4.65. The van der Waals surface area contributed by atoms with Gasteiger partial charge in [0, 0.05) is 55.7 Å². The van der Waals surface area contributed by atoms with Crippen molar-refractivity contribution in [3.05, 3.63) is 59.1 Å². The van der Waals surface area contributed by atoms with Crippen molar-refractivity contribution in [3.8, 4) is 0 Å². The lowest BCUT2D eigenvalue weighted by atomic mass is 10.1. The average molecular weight is 359 g/mol. The average Bonchev–Trinajstić information content (AvgIpc) is 2.64. The fourth-order valence-corrected chi connectivity index (χ4v) is 3.26. The number of primary amides is 1. The third-order valence-electron chi connectivity index (χ3n) is 4.48. The van der Waals surface area contributed by atoms with Crippen LogP contribution in [-0.4, -0.2) is 50.1 Å². The molecule has 0 unspecified atom stereocenters. The van der Waals surface area contributed by atoms with Crippen LogP contribution in [0.5, 0.6) is 0 Å². The van der Waals surface area contributed by atoms with Crippen molar-refractivity contribution in [2.24, 2.45) is 5.73 Å². The summed E-state index contributed by atoms with van der Waals surface area (Å²) in [5.41, 5.74) is 7.87. The molecule has 2 aromatic carbocycles. The van der Waals surface area contributed by atoms with Gasteiger partial charge in [0.15, 0.2) is 0 Å². The monoisotopic (exact) mass is 358 g/mol. The van der Waals surface area contributed by atoms with E-state index in [2.05, 4.69) is 39.4 Å². The van der Waals surface area contributed by atoms with Crippen molar-refractivity contribution in [1.82, 2.24) is 4.90 Å². The van der Waals surface area contributed by atoms with Gasteiger partial charge in [0.05, 0.1) is 5.56 Å². The summed E-state index contributed by atoms with van der Waals surface area (Å²) in [5.74, 6) is -0.471. The predicted octanol–water partition coefficient (Wildman–Crippen LogP) is 2.67. The topological polar surface area (TPSA) is 61.6 Å². The molecular weight excluding hydrogens is 336 g/mol. The minimum absolute atomic E-state index is 0.432. The van der Waals surface area contributed by atoms with E-state index in [4.69, 9.17) is 17.3 Å². The molecule has 25 heavy (non-hydrogen) atoms. The molecular formula is C19H23ClN4O. The number of nitrogens with one attached hydrogen (secondary N) is 1. The van der Waals surface area contributed by atoms with Crippen molar-refractivity contribution >= 4 is 28.9 Å². The van der Waals surface area contributed by atoms with E-state index in [-0.39, 0.29) is 0 Å². The standard InChI is InChI=1S/C19H23ClN4O/c20-15-6-7-18(17(14-15)19(21)25)22-8-9-23-10-12-24(13-11-23)16-4-2-1-3-5-16/h1-7,14,22H,8-13H2,(H2,21,25). The van der Waals surface area contributed by atoms with E-state index in [1.54, 1.807) is 18.2 Å². The number of halogens is 1. The lowest BCUT2D eigenvalue weighted by molar-refractivity contribution is 0.100. The molecule has 0 spiro atoms. The van der Waals surface area contributed by atoms with Gasteiger partial charge in [0.25, 0.3) is 5.91 Å². The lowest BCUT2D eigenvalue weighted by Gasteiger charge is -2.36. The number of para-hydroxylation sites is 1. The Morgan fingerprint density at radius 2 is 1.80 bits per heavy atom. The van der Waals surface area contributed by atoms with Crippen LogP contribution in [0.25, 0.3) is 0 Å². The molecule has 2 aromatic rings. The second-order valence-electron chi connectivity index (χ2n) is 6.15. The molecule has 0 radical (unpaired) electrons. The van der Waals surface area contributed by atoms with E-state index in [1.807, 2.05) is 6.07 Å². The van der Waals surface area contributed by atoms with Crippen LogP contribution < -0.4 is 16.0 Å². The van der Waals surface area contributed by atoms with Gasteiger partial charge in [-0.05, 0) is 30.3 Å². The van der Waals surface area contributed by atoms with Gasteiger partial charge in [-0.3, -0.25) is 9.69 Å². The number of carbonyl (C=O) groups is 1. The Morgan fingerprint density at radius 3 is 2.48 bits per heavy atom. The zero-order valence-electron chi connectivity index (χ0n) is 14.1. The molecule has 0 aliphatic carbocycles. The van der Waals surface area contributed by atoms with Crippen LogP contribution in [0.3, 0.4) is 0 Å². The highest BCUT2D eigenvalue weighted by Gasteiger charge is 2.17. The van der Waals surface area contributed by atoms with E-state index in [9.17, 15) is 4.79 Å². The number of rotatable bonds is 6. The SMILES string of the molecule is NC(=O)c1cc(Cl)ccc1NCCN1CCN(c2ccccc2)CC1. The first-order valence-electron chi connectivity index (χ1n) is 8.49. The van der Waals surface area contributed by atoms with Crippen LogP contribution in [0.1, 0.15) is 10.4 Å². The smallest absolute Gasteiger partial charge is 0.250 e. The van der Waals surface area contributed by atoms with Gasteiger partial charge in [-0.25, -0.2) is 0 Å². The zero-order chi connectivity index (χ0) is 17.6. The van der Waals surface area contributed by atoms with E-state index < -0.39 is 5.91 Å². The van der Waals surface area contributed by atoms with E-state index >= 15 is 0 Å². The Bertz CT molecular complexity index is 715. The second kappa shape index (κ2) is 8.23. The molecule has 3 rings (SSSR count). The predicted molar refractivity (Wildman–Crippen MR) is 104 cm³/mol. The van der Waals surface area contributed by atoms with E-state index in [0.717, 1.165) is 45.0 Å². The van der Waals surface area contributed by atoms with Gasteiger partial charge in [0.1, 0.15) is 0 Å². The molecule has 1 aliphatic rings. The molecule has 5 nitrogen and oxygen atoms in total. The molecule has 0 atom stereocenters. The molecule has 1 saturated heterocycles. The first-order chi connectivity index (χ1) is 12.1. The van der Waals surface area contributed by atoms with Crippen LogP contribution >= 0.6 is 11.6 Å². The van der Waals surface area contributed by atoms with Gasteiger partial charge < -0.3 is 16.0 Å². The van der Waals surface area contributed by atoms with Gasteiger partial charge in [-0.15, -0.1) is 0 Å². The molecule has 6 heteroatoms. The fraction of sp³-hybridized carbons (Fsp3) is 0.316. The minimum Gasteiger partial charge on any atom is -0.383 e. The molecule has 1 heterocycles. The summed E-state index contributed by atoms with van der Waals surface area (Å²) >= 11 is 5.93. The minimum atomic E-state index is -0.471. The normalized spacial score (nSPS) is 15.2. The van der Waals surface area contributed by atoms with Crippen LogP contribution in [-0.2, 0) is 0 Å². The number of amides is 1. The molecule has 0 aromatic heterocycles. The summed E-state index contributed by atoms with van der Waals surface area (Å²) in [4.78, 5) is 16.4. The zero-order valence-corrected chi connectivity index (χ0v) is 14.9. The summed E-state index contributed by atoms with van der Waals surface area (Å²) in [6.45, 7) is 5.78. The Labute approximate surface area is 153 Å². The largest absolute Gasteiger partial charge is 0.383 e. The quantitative estimate of drug-likeness (QED) is 0.833. The van der Waals surface area contributed by atoms with Crippen molar-refractivity contribution in [1.29, 1.82) is 0 Å². The number of anilines is 2. The van der Waals surface area contributed by atoms with Crippen molar-refractivity contribution in [2.75, 3.05) is 49.5 Å². The van der Waals surface area contributed by atoms with Gasteiger partial charge >= 0.3 is 0 Å². The number of nitrogens with two attached hydrogens (primary N) is 1. The highest BCUT2D eigenvalue weighted by molar-refractivity contribution is 6.31. The summed E-state index contributed by atoms with van der Waals surface area (Å²) in [5, 5.41) is 3.81. The maximum atomic E-state index is 11.5. The van der Waals surface area contributed by atoms with Gasteiger partial charge in [-0.1, -0.05) is 29.8 Å². The highest BCUT2D eigenvalue weighted by atomic mass is 35.5. The first kappa shape index (κ1) is 17.6.